The largest absolute Gasteiger partial charge is 0.303 e. The molecule has 0 heterocycles. The van der Waals surface area contributed by atoms with Crippen molar-refractivity contribution >= 4 is 11.6 Å². The van der Waals surface area contributed by atoms with E-state index in [1.807, 2.05) is 0 Å². The fourth-order valence-electron chi connectivity index (χ4n) is 3.46. The van der Waals surface area contributed by atoms with Crippen LogP contribution < -0.4 is 0 Å². The molecule has 0 N–H and O–H groups in total. The number of aryl methyl sites for hydroxylation is 1. The van der Waals surface area contributed by atoms with E-state index in [1.54, 1.807) is 0 Å². The Bertz CT molecular complexity index is 631. The van der Waals surface area contributed by atoms with Crippen molar-refractivity contribution in [1.82, 2.24) is 4.90 Å². The average molecular weight is 356 g/mol. The highest BCUT2D eigenvalue weighted by molar-refractivity contribution is 6.25. The summed E-state index contributed by atoms with van der Waals surface area (Å²) in [6, 6.07) is 19.8. The van der Waals surface area contributed by atoms with Crippen molar-refractivity contribution in [3.05, 3.63) is 71.3 Å². The molecule has 0 atom stereocenters. The van der Waals surface area contributed by atoms with Crippen molar-refractivity contribution in [2.45, 2.75) is 50.3 Å². The highest BCUT2D eigenvalue weighted by atomic mass is 35.5. The lowest BCUT2D eigenvalue weighted by Crippen LogP contribution is -2.28. The number of hydrogen-bond donors (Lipinski definition) is 0. The predicted molar refractivity (Wildman–Crippen MR) is 108 cm³/mol. The van der Waals surface area contributed by atoms with Crippen LogP contribution in [0.2, 0.25) is 0 Å². The molecule has 2 aromatic rings. The molecule has 0 aromatic heterocycles. The Balaban J connectivity index is 1.43. The van der Waals surface area contributed by atoms with E-state index in [9.17, 15) is 0 Å². The summed E-state index contributed by atoms with van der Waals surface area (Å²) in [4.78, 5) is 2.58. The Morgan fingerprint density at radius 1 is 0.840 bits per heavy atom. The molecule has 25 heavy (non-hydrogen) atoms. The lowest BCUT2D eigenvalue weighted by molar-refractivity contribution is 0.274. The minimum Gasteiger partial charge on any atom is -0.303 e. The second kappa shape index (κ2) is 8.87. The van der Waals surface area contributed by atoms with Crippen LogP contribution >= 0.6 is 11.6 Å². The van der Waals surface area contributed by atoms with Crippen LogP contribution in [0.3, 0.4) is 0 Å². The standard InChI is InChI=1S/C23H30ClN/c1-2-17-25(19-14-20-7-4-3-5-8-20)18-6-9-21-10-12-22(13-11-21)23(24)15-16-23/h3-5,7-8,10-13H,2,6,9,14-19H2,1H3. The molecule has 2 aromatic carbocycles. The van der Waals surface area contributed by atoms with Gasteiger partial charge in [0.05, 0.1) is 4.87 Å². The minimum absolute atomic E-state index is 0.0338. The fraction of sp³-hybridized carbons (Fsp3) is 0.478. The molecule has 0 radical (unpaired) electrons. The quantitative estimate of drug-likeness (QED) is 0.487. The first kappa shape index (κ1) is 18.5. The molecule has 0 bridgehead atoms. The Labute approximate surface area is 158 Å². The molecule has 0 amide bonds. The molecule has 3 rings (SSSR count). The van der Waals surface area contributed by atoms with Crippen molar-refractivity contribution in [2.75, 3.05) is 19.6 Å². The van der Waals surface area contributed by atoms with Crippen LogP contribution in [-0.2, 0) is 17.7 Å². The van der Waals surface area contributed by atoms with Crippen LogP contribution in [0.15, 0.2) is 54.6 Å². The summed E-state index contributed by atoms with van der Waals surface area (Å²) in [7, 11) is 0. The maximum atomic E-state index is 6.48. The fourth-order valence-corrected chi connectivity index (χ4v) is 3.68. The Morgan fingerprint density at radius 3 is 2.16 bits per heavy atom. The van der Waals surface area contributed by atoms with Crippen molar-refractivity contribution in [3.8, 4) is 0 Å². The number of alkyl halides is 1. The van der Waals surface area contributed by atoms with Crippen LogP contribution in [0.5, 0.6) is 0 Å². The normalized spacial score (nSPS) is 15.5. The molecular weight excluding hydrogens is 326 g/mol. The SMILES string of the molecule is CCCN(CCCc1ccc(C2(Cl)CC2)cc1)CCc1ccccc1. The van der Waals surface area contributed by atoms with Crippen molar-refractivity contribution in [3.63, 3.8) is 0 Å². The zero-order chi connectivity index (χ0) is 17.5. The molecule has 1 nitrogen and oxygen atoms in total. The third kappa shape index (κ3) is 5.59. The van der Waals surface area contributed by atoms with E-state index < -0.39 is 0 Å². The Morgan fingerprint density at radius 2 is 1.52 bits per heavy atom. The molecule has 0 spiro atoms. The van der Waals surface area contributed by atoms with Gasteiger partial charge < -0.3 is 4.90 Å². The van der Waals surface area contributed by atoms with Crippen LogP contribution in [0.25, 0.3) is 0 Å². The van der Waals surface area contributed by atoms with Gasteiger partial charge in [0.15, 0.2) is 0 Å². The van der Waals surface area contributed by atoms with Gasteiger partial charge in [0.1, 0.15) is 0 Å². The van der Waals surface area contributed by atoms with Gasteiger partial charge in [-0.2, -0.15) is 0 Å². The number of benzene rings is 2. The number of hydrogen-bond acceptors (Lipinski definition) is 1. The molecule has 0 unspecified atom stereocenters. The van der Waals surface area contributed by atoms with E-state index in [0.717, 1.165) is 32.2 Å². The van der Waals surface area contributed by atoms with E-state index in [1.165, 1.54) is 42.6 Å². The highest BCUT2D eigenvalue weighted by Gasteiger charge is 2.41. The maximum Gasteiger partial charge on any atom is 0.0696 e. The van der Waals surface area contributed by atoms with Crippen LogP contribution in [0.4, 0.5) is 0 Å². The predicted octanol–water partition coefficient (Wildman–Crippen LogP) is 5.80. The molecule has 1 aliphatic rings. The van der Waals surface area contributed by atoms with E-state index in [-0.39, 0.29) is 4.87 Å². The van der Waals surface area contributed by atoms with E-state index in [4.69, 9.17) is 11.6 Å². The Hall–Kier alpha value is -1.31. The van der Waals surface area contributed by atoms with Gasteiger partial charge in [0.25, 0.3) is 0 Å². The van der Waals surface area contributed by atoms with Crippen molar-refractivity contribution in [2.24, 2.45) is 0 Å². The molecular formula is C23H30ClN. The zero-order valence-corrected chi connectivity index (χ0v) is 16.1. The number of nitrogens with zero attached hydrogens (tertiary/aromatic N) is 1. The van der Waals surface area contributed by atoms with Gasteiger partial charge in [-0.05, 0) is 68.3 Å². The molecule has 0 saturated heterocycles. The molecule has 1 aliphatic carbocycles. The molecule has 134 valence electrons. The van der Waals surface area contributed by atoms with Gasteiger partial charge in [-0.1, -0.05) is 61.5 Å². The topological polar surface area (TPSA) is 3.24 Å². The lowest BCUT2D eigenvalue weighted by atomic mass is 10.0. The first-order valence-corrected chi connectivity index (χ1v) is 10.1. The molecule has 1 fully saturated rings. The Kier molecular flexibility index (Phi) is 6.56. The first-order chi connectivity index (χ1) is 12.2. The van der Waals surface area contributed by atoms with Crippen LogP contribution in [0.1, 0.15) is 49.3 Å². The summed E-state index contributed by atoms with van der Waals surface area (Å²) in [6.07, 6.45) is 7.00. The zero-order valence-electron chi connectivity index (χ0n) is 15.4. The summed E-state index contributed by atoms with van der Waals surface area (Å²) in [5.41, 5.74) is 4.17. The summed E-state index contributed by atoms with van der Waals surface area (Å²) >= 11 is 6.48. The van der Waals surface area contributed by atoms with Gasteiger partial charge in [0, 0.05) is 6.54 Å². The minimum atomic E-state index is -0.0338. The average Bonchev–Trinajstić information content (AvgIpc) is 3.40. The van der Waals surface area contributed by atoms with Crippen LogP contribution in [0, 0.1) is 0 Å². The van der Waals surface area contributed by atoms with Crippen molar-refractivity contribution in [1.29, 1.82) is 0 Å². The molecule has 2 heteroatoms. The second-order valence-electron chi connectivity index (χ2n) is 7.34. The van der Waals surface area contributed by atoms with Gasteiger partial charge in [-0.3, -0.25) is 0 Å². The van der Waals surface area contributed by atoms with E-state index in [0.29, 0.717) is 0 Å². The van der Waals surface area contributed by atoms with Crippen LogP contribution in [-0.4, -0.2) is 24.5 Å². The van der Waals surface area contributed by atoms with Crippen molar-refractivity contribution < 1.29 is 0 Å². The lowest BCUT2D eigenvalue weighted by Gasteiger charge is -2.21. The highest BCUT2D eigenvalue weighted by Crippen LogP contribution is 2.51. The van der Waals surface area contributed by atoms with Gasteiger partial charge >= 0.3 is 0 Å². The number of rotatable bonds is 10. The third-order valence-electron chi connectivity index (χ3n) is 5.20. The van der Waals surface area contributed by atoms with Gasteiger partial charge in [0.2, 0.25) is 0 Å². The second-order valence-corrected chi connectivity index (χ2v) is 8.07. The first-order valence-electron chi connectivity index (χ1n) is 9.74. The molecule has 0 aliphatic heterocycles. The van der Waals surface area contributed by atoms with E-state index in [2.05, 4.69) is 66.4 Å². The van der Waals surface area contributed by atoms with E-state index >= 15 is 0 Å². The van der Waals surface area contributed by atoms with Gasteiger partial charge in [-0.15, -0.1) is 11.6 Å². The smallest absolute Gasteiger partial charge is 0.0696 e. The summed E-state index contributed by atoms with van der Waals surface area (Å²) in [5.74, 6) is 0. The van der Waals surface area contributed by atoms with Gasteiger partial charge in [-0.25, -0.2) is 0 Å². The number of halogens is 1. The molecule has 1 saturated carbocycles. The summed E-state index contributed by atoms with van der Waals surface area (Å²) < 4.78 is 0. The monoisotopic (exact) mass is 355 g/mol. The maximum absolute atomic E-state index is 6.48. The third-order valence-corrected chi connectivity index (χ3v) is 5.80. The summed E-state index contributed by atoms with van der Waals surface area (Å²) in [6.45, 7) is 5.81. The summed E-state index contributed by atoms with van der Waals surface area (Å²) in [5, 5.41) is 0.